The predicted octanol–water partition coefficient (Wildman–Crippen LogP) is 1.45. The van der Waals surface area contributed by atoms with Gasteiger partial charge in [-0.05, 0) is 25.3 Å². The van der Waals surface area contributed by atoms with Crippen LogP contribution in [0.3, 0.4) is 0 Å². The topological polar surface area (TPSA) is 42.3 Å². The number of alkyl halides is 3. The maximum atomic E-state index is 12.4. The van der Waals surface area contributed by atoms with Crippen LogP contribution in [0.2, 0.25) is 0 Å². The molecule has 1 N–H and O–H groups in total. The van der Waals surface area contributed by atoms with Crippen LogP contribution in [0, 0.1) is 17.2 Å². The van der Waals surface area contributed by atoms with E-state index in [-0.39, 0.29) is 0 Å². The van der Waals surface area contributed by atoms with Crippen molar-refractivity contribution in [2.75, 3.05) is 45.8 Å². The maximum Gasteiger partial charge on any atom is 0.401 e. The zero-order valence-electron chi connectivity index (χ0n) is 12.4. The highest BCUT2D eigenvalue weighted by Gasteiger charge is 2.46. The molecule has 1 aliphatic carbocycles. The van der Waals surface area contributed by atoms with E-state index < -0.39 is 18.3 Å². The van der Waals surface area contributed by atoms with Crippen LogP contribution in [-0.4, -0.2) is 67.3 Å². The average Bonchev–Trinajstić information content (AvgIpc) is 3.23. The SMILES string of the molecule is CCNC(C#N)(CN1CCN(CC(F)(F)F)CC1)C1CC1. The van der Waals surface area contributed by atoms with Crippen LogP contribution in [0.25, 0.3) is 0 Å². The summed E-state index contributed by atoms with van der Waals surface area (Å²) in [4.78, 5) is 3.56. The van der Waals surface area contributed by atoms with Gasteiger partial charge in [0.15, 0.2) is 0 Å². The van der Waals surface area contributed by atoms with Crippen molar-refractivity contribution in [3.8, 4) is 6.07 Å². The van der Waals surface area contributed by atoms with Crippen molar-refractivity contribution in [2.45, 2.75) is 31.5 Å². The highest BCUT2D eigenvalue weighted by Crippen LogP contribution is 2.40. The zero-order chi connectivity index (χ0) is 15.5. The van der Waals surface area contributed by atoms with E-state index in [1.54, 1.807) is 0 Å². The number of halogens is 3. The van der Waals surface area contributed by atoms with Crippen molar-refractivity contribution in [2.24, 2.45) is 5.92 Å². The van der Waals surface area contributed by atoms with E-state index in [0.29, 0.717) is 38.6 Å². The third-order valence-corrected chi connectivity index (χ3v) is 4.31. The highest BCUT2D eigenvalue weighted by atomic mass is 19.4. The number of likely N-dealkylation sites (N-methyl/N-ethyl adjacent to an activating group) is 1. The summed E-state index contributed by atoms with van der Waals surface area (Å²) >= 11 is 0. The Balaban J connectivity index is 1.86. The first-order valence-electron chi connectivity index (χ1n) is 7.56. The van der Waals surface area contributed by atoms with Crippen LogP contribution in [0.1, 0.15) is 19.8 Å². The first-order chi connectivity index (χ1) is 9.88. The number of hydrogen-bond donors (Lipinski definition) is 1. The molecule has 0 bridgehead atoms. The van der Waals surface area contributed by atoms with E-state index in [2.05, 4.69) is 16.3 Å². The van der Waals surface area contributed by atoms with E-state index in [0.717, 1.165) is 19.4 Å². The monoisotopic (exact) mass is 304 g/mol. The Labute approximate surface area is 123 Å². The Morgan fingerprint density at radius 1 is 1.10 bits per heavy atom. The molecule has 0 radical (unpaired) electrons. The second-order valence-electron chi connectivity index (χ2n) is 6.06. The van der Waals surface area contributed by atoms with Gasteiger partial charge in [-0.1, -0.05) is 6.92 Å². The lowest BCUT2D eigenvalue weighted by Gasteiger charge is -2.39. The summed E-state index contributed by atoms with van der Waals surface area (Å²) in [6.07, 6.45) is -2.00. The summed E-state index contributed by atoms with van der Waals surface area (Å²) in [5.41, 5.74) is -0.527. The van der Waals surface area contributed by atoms with Gasteiger partial charge in [-0.2, -0.15) is 18.4 Å². The molecule has 120 valence electrons. The van der Waals surface area contributed by atoms with E-state index in [1.807, 2.05) is 6.92 Å². The smallest absolute Gasteiger partial charge is 0.298 e. The number of nitrogens with one attached hydrogen (secondary N) is 1. The first-order valence-corrected chi connectivity index (χ1v) is 7.56. The molecule has 0 aromatic rings. The van der Waals surface area contributed by atoms with Crippen molar-refractivity contribution in [1.29, 1.82) is 5.26 Å². The summed E-state index contributed by atoms with van der Waals surface area (Å²) < 4.78 is 37.1. The van der Waals surface area contributed by atoms with Crippen LogP contribution < -0.4 is 5.32 Å². The molecule has 7 heteroatoms. The summed E-state index contributed by atoms with van der Waals surface area (Å²) in [6, 6.07) is 2.43. The molecular weight excluding hydrogens is 281 g/mol. The van der Waals surface area contributed by atoms with Crippen LogP contribution in [0.5, 0.6) is 0 Å². The molecule has 1 aliphatic heterocycles. The molecule has 0 spiro atoms. The molecule has 1 unspecified atom stereocenters. The van der Waals surface area contributed by atoms with Crippen molar-refractivity contribution in [3.63, 3.8) is 0 Å². The Hall–Kier alpha value is -0.840. The summed E-state index contributed by atoms with van der Waals surface area (Å²) in [6.45, 7) is 4.51. The minimum absolute atomic E-state index is 0.385. The van der Waals surface area contributed by atoms with Gasteiger partial charge in [-0.25, -0.2) is 0 Å². The molecule has 1 saturated heterocycles. The highest BCUT2D eigenvalue weighted by molar-refractivity contribution is 5.16. The van der Waals surface area contributed by atoms with Crippen molar-refractivity contribution in [1.82, 2.24) is 15.1 Å². The minimum atomic E-state index is -4.13. The van der Waals surface area contributed by atoms with E-state index in [4.69, 9.17) is 0 Å². The summed E-state index contributed by atoms with van der Waals surface area (Å²) in [5, 5.41) is 12.9. The number of hydrogen-bond acceptors (Lipinski definition) is 4. The van der Waals surface area contributed by atoms with E-state index >= 15 is 0 Å². The third kappa shape index (κ3) is 4.56. The molecule has 1 saturated carbocycles. The van der Waals surface area contributed by atoms with E-state index in [9.17, 15) is 18.4 Å². The number of nitriles is 1. The molecule has 4 nitrogen and oxygen atoms in total. The Kier molecular flexibility index (Phi) is 5.12. The van der Waals surface area contributed by atoms with Gasteiger partial charge in [0, 0.05) is 32.7 Å². The number of rotatable bonds is 6. The molecule has 0 amide bonds. The summed E-state index contributed by atoms with van der Waals surface area (Å²) in [7, 11) is 0. The Morgan fingerprint density at radius 2 is 1.62 bits per heavy atom. The van der Waals surface area contributed by atoms with Crippen molar-refractivity contribution >= 4 is 0 Å². The van der Waals surface area contributed by atoms with Gasteiger partial charge in [0.25, 0.3) is 0 Å². The normalized spacial score (nSPS) is 24.5. The zero-order valence-corrected chi connectivity index (χ0v) is 12.4. The van der Waals surface area contributed by atoms with Crippen molar-refractivity contribution < 1.29 is 13.2 Å². The Morgan fingerprint density at radius 3 is 2.00 bits per heavy atom. The van der Waals surface area contributed by atoms with Crippen molar-refractivity contribution in [3.05, 3.63) is 0 Å². The second kappa shape index (κ2) is 6.51. The lowest BCUT2D eigenvalue weighted by molar-refractivity contribution is -0.149. The summed E-state index contributed by atoms with van der Waals surface area (Å²) in [5.74, 6) is 0.385. The van der Waals surface area contributed by atoms with E-state index in [1.165, 1.54) is 4.90 Å². The fraction of sp³-hybridized carbons (Fsp3) is 0.929. The van der Waals surface area contributed by atoms with Gasteiger partial charge in [0.05, 0.1) is 12.6 Å². The molecule has 0 aromatic heterocycles. The molecule has 2 aliphatic rings. The number of nitrogens with zero attached hydrogens (tertiary/aromatic N) is 3. The number of piperazine rings is 1. The van der Waals surface area contributed by atoms with Crippen LogP contribution in [0.4, 0.5) is 13.2 Å². The largest absolute Gasteiger partial charge is 0.401 e. The third-order valence-electron chi connectivity index (χ3n) is 4.31. The van der Waals surface area contributed by atoms with Gasteiger partial charge >= 0.3 is 6.18 Å². The van der Waals surface area contributed by atoms with Crippen LogP contribution >= 0.6 is 0 Å². The first kappa shape index (κ1) is 16.5. The maximum absolute atomic E-state index is 12.4. The van der Waals surface area contributed by atoms with Crippen LogP contribution in [-0.2, 0) is 0 Å². The van der Waals surface area contributed by atoms with Gasteiger partial charge in [0.2, 0.25) is 0 Å². The van der Waals surface area contributed by atoms with Gasteiger partial charge in [0.1, 0.15) is 5.54 Å². The fourth-order valence-corrected chi connectivity index (χ4v) is 3.10. The minimum Gasteiger partial charge on any atom is -0.298 e. The molecule has 0 aromatic carbocycles. The molecule has 21 heavy (non-hydrogen) atoms. The lowest BCUT2D eigenvalue weighted by Crippen LogP contribution is -2.58. The van der Waals surface area contributed by atoms with Gasteiger partial charge in [-0.3, -0.25) is 15.1 Å². The Bertz CT molecular complexity index is 381. The fourth-order valence-electron chi connectivity index (χ4n) is 3.10. The van der Waals surface area contributed by atoms with Gasteiger partial charge in [-0.15, -0.1) is 0 Å². The molecule has 2 fully saturated rings. The molecular formula is C14H23F3N4. The van der Waals surface area contributed by atoms with Gasteiger partial charge < -0.3 is 0 Å². The average molecular weight is 304 g/mol. The standard InChI is InChI=1S/C14H23F3N4/c1-2-19-13(9-18,12-3-4-12)10-20-5-7-21(8-6-20)11-14(15,16)17/h12,19H,2-8,10-11H2,1H3. The van der Waals surface area contributed by atoms with Crippen LogP contribution in [0.15, 0.2) is 0 Å². The molecule has 1 atom stereocenters. The molecule has 1 heterocycles. The molecule has 2 rings (SSSR count). The predicted molar refractivity (Wildman–Crippen MR) is 73.7 cm³/mol. The lowest BCUT2D eigenvalue weighted by atomic mass is 9.93. The second-order valence-corrected chi connectivity index (χ2v) is 6.06. The quantitative estimate of drug-likeness (QED) is 0.806.